The van der Waals surface area contributed by atoms with E-state index >= 15 is 0 Å². The van der Waals surface area contributed by atoms with Gasteiger partial charge in [0.1, 0.15) is 0 Å². The monoisotopic (exact) mass is 231 g/mol. The SMILES string of the molecule is CCNC(CC)CCC1CC1c1ccccc1. The molecule has 94 valence electrons. The molecule has 1 aliphatic carbocycles. The fourth-order valence-corrected chi connectivity index (χ4v) is 2.83. The summed E-state index contributed by atoms with van der Waals surface area (Å²) >= 11 is 0. The van der Waals surface area contributed by atoms with Gasteiger partial charge in [-0.05, 0) is 49.6 Å². The predicted molar refractivity (Wildman–Crippen MR) is 74.3 cm³/mol. The zero-order valence-corrected chi connectivity index (χ0v) is 11.2. The zero-order valence-electron chi connectivity index (χ0n) is 11.2. The van der Waals surface area contributed by atoms with Crippen molar-refractivity contribution >= 4 is 0 Å². The molecule has 1 heteroatoms. The van der Waals surface area contributed by atoms with Crippen LogP contribution in [0.4, 0.5) is 0 Å². The second kappa shape index (κ2) is 6.20. The highest BCUT2D eigenvalue weighted by Crippen LogP contribution is 2.50. The Morgan fingerprint density at radius 1 is 1.24 bits per heavy atom. The molecule has 1 fully saturated rings. The summed E-state index contributed by atoms with van der Waals surface area (Å²) in [7, 11) is 0. The number of hydrogen-bond donors (Lipinski definition) is 1. The van der Waals surface area contributed by atoms with Crippen molar-refractivity contribution in [1.82, 2.24) is 5.32 Å². The first-order valence-electron chi connectivity index (χ1n) is 7.13. The maximum Gasteiger partial charge on any atom is 0.00644 e. The first-order chi connectivity index (χ1) is 8.35. The smallest absolute Gasteiger partial charge is 0.00644 e. The van der Waals surface area contributed by atoms with E-state index in [4.69, 9.17) is 0 Å². The Bertz CT molecular complexity index is 320. The highest BCUT2D eigenvalue weighted by molar-refractivity contribution is 5.25. The quantitative estimate of drug-likeness (QED) is 0.749. The van der Waals surface area contributed by atoms with Gasteiger partial charge in [0.15, 0.2) is 0 Å². The normalized spacial score (nSPS) is 24.6. The molecule has 3 atom stereocenters. The first-order valence-corrected chi connectivity index (χ1v) is 7.13. The summed E-state index contributed by atoms with van der Waals surface area (Å²) in [6, 6.07) is 11.7. The lowest BCUT2D eigenvalue weighted by molar-refractivity contribution is 0.451. The molecule has 0 amide bonds. The third-order valence-corrected chi connectivity index (χ3v) is 4.02. The molecule has 0 radical (unpaired) electrons. The van der Waals surface area contributed by atoms with Crippen LogP contribution in [0.25, 0.3) is 0 Å². The molecule has 3 unspecified atom stereocenters. The molecule has 0 saturated heterocycles. The third-order valence-electron chi connectivity index (χ3n) is 4.02. The van der Waals surface area contributed by atoms with Gasteiger partial charge in [0.25, 0.3) is 0 Å². The summed E-state index contributed by atoms with van der Waals surface area (Å²) in [6.45, 7) is 5.59. The topological polar surface area (TPSA) is 12.0 Å². The molecule has 0 aromatic heterocycles. The van der Waals surface area contributed by atoms with Gasteiger partial charge in [0.2, 0.25) is 0 Å². The van der Waals surface area contributed by atoms with E-state index in [9.17, 15) is 0 Å². The molecule has 1 aromatic rings. The maximum atomic E-state index is 3.57. The Kier molecular flexibility index (Phi) is 4.61. The molecule has 1 nitrogen and oxygen atoms in total. The van der Waals surface area contributed by atoms with Crippen LogP contribution < -0.4 is 5.32 Å². The molecule has 0 bridgehead atoms. The van der Waals surface area contributed by atoms with Crippen molar-refractivity contribution in [3.8, 4) is 0 Å². The number of nitrogens with one attached hydrogen (secondary N) is 1. The second-order valence-corrected chi connectivity index (χ2v) is 5.25. The molecule has 1 aliphatic rings. The van der Waals surface area contributed by atoms with Gasteiger partial charge in [-0.25, -0.2) is 0 Å². The minimum atomic E-state index is 0.733. The molecule has 1 aromatic carbocycles. The highest BCUT2D eigenvalue weighted by Gasteiger charge is 2.37. The second-order valence-electron chi connectivity index (χ2n) is 5.25. The summed E-state index contributed by atoms with van der Waals surface area (Å²) in [5.74, 6) is 1.81. The molecule has 1 saturated carbocycles. The Labute approximate surface area is 106 Å². The summed E-state index contributed by atoms with van der Waals surface area (Å²) in [6.07, 6.45) is 5.41. The molecule has 2 rings (SSSR count). The molecule has 17 heavy (non-hydrogen) atoms. The lowest BCUT2D eigenvalue weighted by Gasteiger charge is -2.15. The number of benzene rings is 1. The van der Waals surface area contributed by atoms with Gasteiger partial charge < -0.3 is 5.32 Å². The van der Waals surface area contributed by atoms with Crippen molar-refractivity contribution in [3.63, 3.8) is 0 Å². The fourth-order valence-electron chi connectivity index (χ4n) is 2.83. The van der Waals surface area contributed by atoms with Crippen LogP contribution in [0.1, 0.15) is 51.0 Å². The van der Waals surface area contributed by atoms with Crippen LogP contribution in [0.2, 0.25) is 0 Å². The van der Waals surface area contributed by atoms with Crippen molar-refractivity contribution in [2.45, 2.75) is 51.5 Å². The van der Waals surface area contributed by atoms with E-state index in [2.05, 4.69) is 49.5 Å². The molecular weight excluding hydrogens is 206 g/mol. The van der Waals surface area contributed by atoms with Gasteiger partial charge >= 0.3 is 0 Å². The zero-order chi connectivity index (χ0) is 12.1. The van der Waals surface area contributed by atoms with Crippen LogP contribution in [0, 0.1) is 5.92 Å². The average molecular weight is 231 g/mol. The van der Waals surface area contributed by atoms with Crippen molar-refractivity contribution in [3.05, 3.63) is 35.9 Å². The van der Waals surface area contributed by atoms with Crippen molar-refractivity contribution in [2.24, 2.45) is 5.92 Å². The molecule has 0 aliphatic heterocycles. The van der Waals surface area contributed by atoms with Gasteiger partial charge in [-0.15, -0.1) is 0 Å². The van der Waals surface area contributed by atoms with Gasteiger partial charge in [0.05, 0.1) is 0 Å². The highest BCUT2D eigenvalue weighted by atomic mass is 14.9. The van der Waals surface area contributed by atoms with E-state index < -0.39 is 0 Å². The lowest BCUT2D eigenvalue weighted by Crippen LogP contribution is -2.28. The molecular formula is C16H25N. The molecule has 1 N–H and O–H groups in total. The van der Waals surface area contributed by atoms with Crippen molar-refractivity contribution in [1.29, 1.82) is 0 Å². The van der Waals surface area contributed by atoms with E-state index in [1.165, 1.54) is 25.7 Å². The van der Waals surface area contributed by atoms with Gasteiger partial charge in [0, 0.05) is 6.04 Å². The number of rotatable bonds is 7. The summed E-state index contributed by atoms with van der Waals surface area (Å²) in [4.78, 5) is 0. The van der Waals surface area contributed by atoms with Crippen LogP contribution >= 0.6 is 0 Å². The Morgan fingerprint density at radius 3 is 2.65 bits per heavy atom. The van der Waals surface area contributed by atoms with Crippen LogP contribution in [0.3, 0.4) is 0 Å². The van der Waals surface area contributed by atoms with E-state index in [1.54, 1.807) is 5.56 Å². The summed E-state index contributed by atoms with van der Waals surface area (Å²) < 4.78 is 0. The van der Waals surface area contributed by atoms with E-state index in [-0.39, 0.29) is 0 Å². The van der Waals surface area contributed by atoms with Crippen LogP contribution in [-0.2, 0) is 0 Å². The Morgan fingerprint density at radius 2 is 2.00 bits per heavy atom. The van der Waals surface area contributed by atoms with Crippen molar-refractivity contribution < 1.29 is 0 Å². The van der Waals surface area contributed by atoms with Crippen LogP contribution in [0.15, 0.2) is 30.3 Å². The largest absolute Gasteiger partial charge is 0.314 e. The fraction of sp³-hybridized carbons (Fsp3) is 0.625. The summed E-state index contributed by atoms with van der Waals surface area (Å²) in [5, 5.41) is 3.57. The van der Waals surface area contributed by atoms with Gasteiger partial charge in [-0.2, -0.15) is 0 Å². The van der Waals surface area contributed by atoms with Gasteiger partial charge in [-0.1, -0.05) is 44.2 Å². The Balaban J connectivity index is 1.73. The van der Waals surface area contributed by atoms with Gasteiger partial charge in [-0.3, -0.25) is 0 Å². The van der Waals surface area contributed by atoms with Crippen LogP contribution in [-0.4, -0.2) is 12.6 Å². The Hall–Kier alpha value is -0.820. The first kappa shape index (κ1) is 12.6. The lowest BCUT2D eigenvalue weighted by atomic mass is 10.0. The minimum Gasteiger partial charge on any atom is -0.314 e. The minimum absolute atomic E-state index is 0.733. The van der Waals surface area contributed by atoms with Crippen LogP contribution in [0.5, 0.6) is 0 Å². The van der Waals surface area contributed by atoms with Crippen molar-refractivity contribution in [2.75, 3.05) is 6.54 Å². The molecule has 0 heterocycles. The predicted octanol–water partition coefficient (Wildman–Crippen LogP) is 3.96. The van der Waals surface area contributed by atoms with E-state index in [0.717, 1.165) is 24.4 Å². The molecule has 0 spiro atoms. The maximum absolute atomic E-state index is 3.57. The van der Waals surface area contributed by atoms with E-state index in [1.807, 2.05) is 0 Å². The average Bonchev–Trinajstić information content (AvgIpc) is 3.15. The summed E-state index contributed by atoms with van der Waals surface area (Å²) in [5.41, 5.74) is 1.55. The standard InChI is InChI=1S/C16H25N/c1-3-15(17-4-2)11-10-14-12-16(14)13-8-6-5-7-9-13/h5-9,14-17H,3-4,10-12H2,1-2H3. The number of hydrogen-bond acceptors (Lipinski definition) is 1. The van der Waals surface area contributed by atoms with E-state index in [0.29, 0.717) is 0 Å². The third kappa shape index (κ3) is 3.57.